The topological polar surface area (TPSA) is 70.7 Å². The Morgan fingerprint density at radius 3 is 2.58 bits per heavy atom. The monoisotopic (exact) mass is 419 g/mol. The van der Waals surface area contributed by atoms with Crippen LogP contribution in [0.4, 0.5) is 0 Å². The second kappa shape index (κ2) is 8.94. The van der Waals surface area contributed by atoms with Gasteiger partial charge < -0.3 is 20.3 Å². The zero-order chi connectivity index (χ0) is 21.8. The van der Waals surface area contributed by atoms with Gasteiger partial charge in [-0.15, -0.1) is 0 Å². The molecule has 1 saturated heterocycles. The molecule has 2 N–H and O–H groups in total. The van der Waals surface area contributed by atoms with Crippen molar-refractivity contribution >= 4 is 11.8 Å². The van der Waals surface area contributed by atoms with Crippen LogP contribution in [0.1, 0.15) is 46.8 Å². The second-order valence-electron chi connectivity index (χ2n) is 8.48. The number of para-hydroxylation sites is 1. The van der Waals surface area contributed by atoms with Gasteiger partial charge >= 0.3 is 0 Å². The minimum atomic E-state index is -0.230. The number of hydrogen-bond donors (Lipinski definition) is 2. The number of hydrogen-bond acceptors (Lipinski definition) is 4. The van der Waals surface area contributed by atoms with Gasteiger partial charge in [0, 0.05) is 37.2 Å². The van der Waals surface area contributed by atoms with Crippen LogP contribution < -0.4 is 15.4 Å². The molecule has 2 aliphatic heterocycles. The fourth-order valence-electron chi connectivity index (χ4n) is 4.36. The lowest BCUT2D eigenvalue weighted by molar-refractivity contribution is -0.116. The zero-order valence-electron chi connectivity index (χ0n) is 17.9. The fraction of sp³-hybridized carbons (Fsp3) is 0.360. The normalized spacial score (nSPS) is 19.7. The van der Waals surface area contributed by atoms with E-state index < -0.39 is 0 Å². The van der Waals surface area contributed by atoms with Crippen molar-refractivity contribution in [2.75, 3.05) is 20.1 Å². The number of piperidine rings is 1. The Balaban J connectivity index is 1.47. The first-order chi connectivity index (χ1) is 15.0. The van der Waals surface area contributed by atoms with Crippen LogP contribution in [0.3, 0.4) is 0 Å². The van der Waals surface area contributed by atoms with Crippen molar-refractivity contribution in [3.05, 3.63) is 77.9 Å². The van der Waals surface area contributed by atoms with Crippen molar-refractivity contribution in [1.82, 2.24) is 15.5 Å². The highest BCUT2D eigenvalue weighted by Crippen LogP contribution is 2.44. The van der Waals surface area contributed by atoms with E-state index in [1.54, 1.807) is 12.1 Å². The first-order valence-electron chi connectivity index (χ1n) is 10.7. The van der Waals surface area contributed by atoms with E-state index in [0.29, 0.717) is 12.1 Å². The standard InChI is InChI=1S/C25H29N3O3/c1-3-23(29)26-17-18-8-10-19(11-9-18)24(30)27-21-16-25(12-14-28(2)15-13-25)31-22-7-5-4-6-20(21)22/h3-11,21H,1,12-17H2,2H3,(H,26,29)(H,27,30)/t21-/m1/s1. The molecule has 1 spiro atoms. The fourth-order valence-corrected chi connectivity index (χ4v) is 4.36. The average Bonchev–Trinajstić information content (AvgIpc) is 2.80. The number of likely N-dealkylation sites (tertiary alicyclic amines) is 1. The van der Waals surface area contributed by atoms with Gasteiger partial charge in [0.1, 0.15) is 11.4 Å². The number of amides is 2. The van der Waals surface area contributed by atoms with Crippen LogP contribution >= 0.6 is 0 Å². The van der Waals surface area contributed by atoms with E-state index in [1.165, 1.54) is 6.08 Å². The van der Waals surface area contributed by atoms with Crippen molar-refractivity contribution in [3.8, 4) is 5.75 Å². The van der Waals surface area contributed by atoms with Gasteiger partial charge in [-0.2, -0.15) is 0 Å². The number of fused-ring (bicyclic) bond motifs is 1. The van der Waals surface area contributed by atoms with Gasteiger partial charge in [0.05, 0.1) is 6.04 Å². The first kappa shape index (κ1) is 21.1. The second-order valence-corrected chi connectivity index (χ2v) is 8.48. The molecule has 6 nitrogen and oxygen atoms in total. The molecule has 0 aliphatic carbocycles. The minimum absolute atomic E-state index is 0.0904. The van der Waals surface area contributed by atoms with Crippen molar-refractivity contribution in [3.63, 3.8) is 0 Å². The summed E-state index contributed by atoms with van der Waals surface area (Å²) in [6, 6.07) is 15.2. The minimum Gasteiger partial charge on any atom is -0.487 e. The molecule has 2 heterocycles. The van der Waals surface area contributed by atoms with E-state index in [2.05, 4.69) is 29.2 Å². The SMILES string of the molecule is C=CC(=O)NCc1ccc(C(=O)N[C@@H]2CC3(CCN(C)CC3)Oc3ccccc32)cc1. The molecule has 0 unspecified atom stereocenters. The Labute approximate surface area is 183 Å². The molecule has 2 aliphatic rings. The Bertz CT molecular complexity index is 962. The maximum Gasteiger partial charge on any atom is 0.251 e. The molecule has 162 valence electrons. The predicted octanol–water partition coefficient (Wildman–Crippen LogP) is 3.21. The lowest BCUT2D eigenvalue weighted by Crippen LogP contribution is -2.51. The highest BCUT2D eigenvalue weighted by atomic mass is 16.5. The van der Waals surface area contributed by atoms with Crippen LogP contribution in [0.25, 0.3) is 0 Å². The Morgan fingerprint density at radius 2 is 1.87 bits per heavy atom. The summed E-state index contributed by atoms with van der Waals surface area (Å²) in [5.74, 6) is 0.547. The number of ether oxygens (including phenoxy) is 1. The van der Waals surface area contributed by atoms with Crippen molar-refractivity contribution in [1.29, 1.82) is 0 Å². The van der Waals surface area contributed by atoms with Crippen LogP contribution in [0.2, 0.25) is 0 Å². The Hall–Kier alpha value is -3.12. The summed E-state index contributed by atoms with van der Waals surface area (Å²) in [5.41, 5.74) is 2.32. The van der Waals surface area contributed by atoms with Crippen molar-refractivity contribution in [2.24, 2.45) is 0 Å². The van der Waals surface area contributed by atoms with Crippen LogP contribution in [0.15, 0.2) is 61.2 Å². The molecule has 6 heteroatoms. The molecule has 2 aromatic carbocycles. The van der Waals surface area contributed by atoms with E-state index in [9.17, 15) is 9.59 Å². The van der Waals surface area contributed by atoms with Crippen LogP contribution in [0.5, 0.6) is 5.75 Å². The Kier molecular flexibility index (Phi) is 6.09. The molecule has 1 fully saturated rings. The summed E-state index contributed by atoms with van der Waals surface area (Å²) in [6.07, 6.45) is 3.92. The molecule has 31 heavy (non-hydrogen) atoms. The third-order valence-corrected chi connectivity index (χ3v) is 6.27. The molecule has 4 rings (SSSR count). The smallest absolute Gasteiger partial charge is 0.251 e. The average molecular weight is 420 g/mol. The quantitative estimate of drug-likeness (QED) is 0.730. The number of benzene rings is 2. The third kappa shape index (κ3) is 4.80. The summed E-state index contributed by atoms with van der Waals surface area (Å²) < 4.78 is 6.48. The highest BCUT2D eigenvalue weighted by Gasteiger charge is 2.43. The number of carbonyl (C=O) groups is 2. The molecule has 0 radical (unpaired) electrons. The van der Waals surface area contributed by atoms with E-state index in [-0.39, 0.29) is 23.5 Å². The van der Waals surface area contributed by atoms with Gasteiger partial charge in [-0.25, -0.2) is 0 Å². The van der Waals surface area contributed by atoms with Crippen LogP contribution in [-0.2, 0) is 11.3 Å². The molecule has 0 bridgehead atoms. The maximum atomic E-state index is 13.0. The third-order valence-electron chi connectivity index (χ3n) is 6.27. The van der Waals surface area contributed by atoms with Gasteiger partial charge in [0.25, 0.3) is 5.91 Å². The van der Waals surface area contributed by atoms with Crippen LogP contribution in [-0.4, -0.2) is 42.5 Å². The van der Waals surface area contributed by atoms with E-state index in [4.69, 9.17) is 4.74 Å². The van der Waals surface area contributed by atoms with Gasteiger partial charge in [-0.1, -0.05) is 36.9 Å². The molecule has 0 aromatic heterocycles. The number of rotatable bonds is 5. The zero-order valence-corrected chi connectivity index (χ0v) is 17.9. The van der Waals surface area contributed by atoms with E-state index in [1.807, 2.05) is 36.4 Å². The summed E-state index contributed by atoms with van der Waals surface area (Å²) >= 11 is 0. The maximum absolute atomic E-state index is 13.0. The summed E-state index contributed by atoms with van der Waals surface area (Å²) in [5, 5.41) is 5.97. The molecule has 2 aromatic rings. The van der Waals surface area contributed by atoms with E-state index >= 15 is 0 Å². The highest BCUT2D eigenvalue weighted by molar-refractivity contribution is 5.94. The number of nitrogens with zero attached hydrogens (tertiary/aromatic N) is 1. The number of carbonyl (C=O) groups excluding carboxylic acids is 2. The lowest BCUT2D eigenvalue weighted by atomic mass is 9.80. The Morgan fingerprint density at radius 1 is 1.16 bits per heavy atom. The molecular weight excluding hydrogens is 390 g/mol. The predicted molar refractivity (Wildman–Crippen MR) is 120 cm³/mol. The summed E-state index contributed by atoms with van der Waals surface area (Å²) in [7, 11) is 2.13. The van der Waals surface area contributed by atoms with Crippen LogP contribution in [0, 0.1) is 0 Å². The molecule has 2 amide bonds. The first-order valence-corrected chi connectivity index (χ1v) is 10.7. The summed E-state index contributed by atoms with van der Waals surface area (Å²) in [4.78, 5) is 26.7. The lowest BCUT2D eigenvalue weighted by Gasteiger charge is -2.46. The largest absolute Gasteiger partial charge is 0.487 e. The molecule has 1 atom stereocenters. The summed E-state index contributed by atoms with van der Waals surface area (Å²) in [6.45, 7) is 5.83. The van der Waals surface area contributed by atoms with Gasteiger partial charge in [0.15, 0.2) is 0 Å². The molecular formula is C25H29N3O3. The molecule has 0 saturated carbocycles. The number of nitrogens with one attached hydrogen (secondary N) is 2. The van der Waals surface area contributed by atoms with E-state index in [0.717, 1.165) is 49.2 Å². The van der Waals surface area contributed by atoms with Gasteiger partial charge in [0.2, 0.25) is 5.91 Å². The van der Waals surface area contributed by atoms with Gasteiger partial charge in [-0.3, -0.25) is 9.59 Å². The van der Waals surface area contributed by atoms with Crippen molar-refractivity contribution in [2.45, 2.75) is 37.5 Å². The van der Waals surface area contributed by atoms with Gasteiger partial charge in [-0.05, 0) is 49.7 Å². The van der Waals surface area contributed by atoms with Crippen molar-refractivity contribution < 1.29 is 14.3 Å².